The van der Waals surface area contributed by atoms with Crippen molar-refractivity contribution in [2.24, 2.45) is 0 Å². The highest BCUT2D eigenvalue weighted by atomic mass is 16.3. The molecule has 0 amide bonds. The highest BCUT2D eigenvalue weighted by molar-refractivity contribution is 5.53. The third kappa shape index (κ3) is 3.25. The molecule has 2 heterocycles. The third-order valence-electron chi connectivity index (χ3n) is 3.28. The Labute approximate surface area is 120 Å². The molecule has 108 valence electrons. The van der Waals surface area contributed by atoms with Crippen molar-refractivity contribution >= 4 is 0 Å². The Hall–Kier alpha value is -1.68. The average molecular weight is 273 g/mol. The van der Waals surface area contributed by atoms with Gasteiger partial charge in [-0.25, -0.2) is 9.97 Å². The summed E-state index contributed by atoms with van der Waals surface area (Å²) in [5.74, 6) is 1.42. The maximum absolute atomic E-state index is 5.47. The summed E-state index contributed by atoms with van der Waals surface area (Å²) in [6.45, 7) is 13.3. The first kappa shape index (κ1) is 14.7. The number of aryl methyl sites for hydroxylation is 3. The molecule has 4 heteroatoms. The fourth-order valence-electron chi connectivity index (χ4n) is 2.05. The summed E-state index contributed by atoms with van der Waals surface area (Å²) in [6, 6.07) is 1.93. The van der Waals surface area contributed by atoms with Crippen LogP contribution in [0, 0.1) is 20.8 Å². The number of rotatable bonds is 3. The molecule has 0 atom stereocenters. The summed E-state index contributed by atoms with van der Waals surface area (Å²) in [5, 5.41) is 3.48. The largest absolute Gasteiger partial charge is 0.461 e. The van der Waals surface area contributed by atoms with Crippen LogP contribution in [0.15, 0.2) is 16.7 Å². The second-order valence-corrected chi connectivity index (χ2v) is 6.23. The van der Waals surface area contributed by atoms with Crippen LogP contribution in [0.5, 0.6) is 0 Å². The molecule has 0 bridgehead atoms. The molecule has 0 aliphatic heterocycles. The van der Waals surface area contributed by atoms with Gasteiger partial charge in [0.25, 0.3) is 0 Å². The summed E-state index contributed by atoms with van der Waals surface area (Å²) >= 11 is 0. The van der Waals surface area contributed by atoms with Crippen molar-refractivity contribution in [3.63, 3.8) is 0 Å². The van der Waals surface area contributed by atoms with Crippen LogP contribution >= 0.6 is 0 Å². The van der Waals surface area contributed by atoms with Gasteiger partial charge in [-0.05, 0) is 53.2 Å². The average Bonchev–Trinajstić information content (AvgIpc) is 2.72. The van der Waals surface area contributed by atoms with Gasteiger partial charge in [0.15, 0.2) is 11.6 Å². The van der Waals surface area contributed by atoms with E-state index in [-0.39, 0.29) is 5.54 Å². The number of hydrogen-bond acceptors (Lipinski definition) is 4. The van der Waals surface area contributed by atoms with E-state index in [1.165, 1.54) is 0 Å². The van der Waals surface area contributed by atoms with E-state index in [0.29, 0.717) is 5.82 Å². The first-order valence-electron chi connectivity index (χ1n) is 6.91. The van der Waals surface area contributed by atoms with E-state index < -0.39 is 0 Å². The molecule has 0 saturated carbocycles. The van der Waals surface area contributed by atoms with Gasteiger partial charge in [0.05, 0.1) is 6.26 Å². The van der Waals surface area contributed by atoms with Crippen molar-refractivity contribution in [3.8, 4) is 11.6 Å². The first-order chi connectivity index (χ1) is 9.28. The highest BCUT2D eigenvalue weighted by Crippen LogP contribution is 2.23. The van der Waals surface area contributed by atoms with Gasteiger partial charge in [-0.15, -0.1) is 0 Å². The van der Waals surface area contributed by atoms with E-state index in [1.807, 2.05) is 26.8 Å². The predicted molar refractivity (Wildman–Crippen MR) is 80.5 cm³/mol. The van der Waals surface area contributed by atoms with Crippen LogP contribution in [0.3, 0.4) is 0 Å². The van der Waals surface area contributed by atoms with Gasteiger partial charge in [0, 0.05) is 29.0 Å². The molecule has 1 N–H and O–H groups in total. The summed E-state index contributed by atoms with van der Waals surface area (Å²) < 4.78 is 5.47. The topological polar surface area (TPSA) is 51.0 Å². The lowest BCUT2D eigenvalue weighted by Crippen LogP contribution is -2.35. The molecule has 0 fully saturated rings. The number of nitrogens with zero attached hydrogens (tertiary/aromatic N) is 2. The highest BCUT2D eigenvalue weighted by Gasteiger charge is 2.15. The molecule has 0 aromatic carbocycles. The second-order valence-electron chi connectivity index (χ2n) is 6.23. The zero-order valence-corrected chi connectivity index (χ0v) is 13.2. The Bertz CT molecular complexity index is 585. The molecule has 0 radical (unpaired) electrons. The molecular weight excluding hydrogens is 250 g/mol. The van der Waals surface area contributed by atoms with Gasteiger partial charge in [-0.2, -0.15) is 0 Å². The third-order valence-corrected chi connectivity index (χ3v) is 3.28. The minimum atomic E-state index is 0.0785. The van der Waals surface area contributed by atoms with E-state index in [0.717, 1.165) is 34.8 Å². The Balaban J connectivity index is 2.32. The molecule has 0 aliphatic carbocycles. The van der Waals surface area contributed by atoms with Crippen LogP contribution in [0.25, 0.3) is 11.6 Å². The van der Waals surface area contributed by atoms with E-state index in [1.54, 1.807) is 6.26 Å². The standard InChI is InChI=1S/C16H23N3O/c1-10-7-8-20-14(10)15-18-11(2)13(12(3)19-15)9-17-16(4,5)6/h7-8,17H,9H2,1-6H3. The maximum atomic E-state index is 5.47. The van der Waals surface area contributed by atoms with Gasteiger partial charge < -0.3 is 9.73 Å². The molecule has 2 aromatic heterocycles. The van der Waals surface area contributed by atoms with Crippen LogP contribution in [0.2, 0.25) is 0 Å². The van der Waals surface area contributed by atoms with Crippen LogP contribution in [0.1, 0.15) is 43.3 Å². The van der Waals surface area contributed by atoms with Gasteiger partial charge >= 0.3 is 0 Å². The Kier molecular flexibility index (Phi) is 3.95. The van der Waals surface area contributed by atoms with Crippen LogP contribution in [-0.2, 0) is 6.54 Å². The van der Waals surface area contributed by atoms with Gasteiger partial charge in [-0.1, -0.05) is 0 Å². The SMILES string of the molecule is Cc1ccoc1-c1nc(C)c(CNC(C)(C)C)c(C)n1. The molecule has 0 spiro atoms. The quantitative estimate of drug-likeness (QED) is 0.929. The summed E-state index contributed by atoms with van der Waals surface area (Å²) in [7, 11) is 0. The van der Waals surface area contributed by atoms with Crippen LogP contribution in [-0.4, -0.2) is 15.5 Å². The fraction of sp³-hybridized carbons (Fsp3) is 0.500. The lowest BCUT2D eigenvalue weighted by Gasteiger charge is -2.21. The second kappa shape index (κ2) is 5.37. The molecule has 0 unspecified atom stereocenters. The van der Waals surface area contributed by atoms with Gasteiger partial charge in [-0.3, -0.25) is 0 Å². The van der Waals surface area contributed by atoms with Crippen molar-refractivity contribution in [3.05, 3.63) is 34.8 Å². The summed E-state index contributed by atoms with van der Waals surface area (Å²) in [5.41, 5.74) is 4.30. The van der Waals surface area contributed by atoms with Crippen LogP contribution in [0.4, 0.5) is 0 Å². The van der Waals surface area contributed by atoms with E-state index in [2.05, 4.69) is 36.1 Å². The molecular formula is C16H23N3O. The number of nitrogens with one attached hydrogen (secondary N) is 1. The molecule has 2 aromatic rings. The zero-order valence-electron chi connectivity index (χ0n) is 13.2. The molecule has 2 rings (SSSR count). The fourth-order valence-corrected chi connectivity index (χ4v) is 2.05. The van der Waals surface area contributed by atoms with Gasteiger partial charge in [0.2, 0.25) is 0 Å². The molecule has 20 heavy (non-hydrogen) atoms. The van der Waals surface area contributed by atoms with Crippen molar-refractivity contribution in [1.29, 1.82) is 0 Å². The first-order valence-corrected chi connectivity index (χ1v) is 6.91. The molecule has 4 nitrogen and oxygen atoms in total. The minimum Gasteiger partial charge on any atom is -0.461 e. The zero-order chi connectivity index (χ0) is 14.9. The minimum absolute atomic E-state index is 0.0785. The van der Waals surface area contributed by atoms with E-state index in [4.69, 9.17) is 4.42 Å². The van der Waals surface area contributed by atoms with Gasteiger partial charge in [0.1, 0.15) is 0 Å². The number of furan rings is 1. The summed E-state index contributed by atoms with van der Waals surface area (Å²) in [4.78, 5) is 9.19. The summed E-state index contributed by atoms with van der Waals surface area (Å²) in [6.07, 6.45) is 1.67. The lowest BCUT2D eigenvalue weighted by molar-refractivity contribution is 0.422. The molecule has 0 aliphatic rings. The Morgan fingerprint density at radius 3 is 2.15 bits per heavy atom. The number of hydrogen-bond donors (Lipinski definition) is 1. The normalized spacial score (nSPS) is 11.9. The smallest absolute Gasteiger partial charge is 0.196 e. The lowest BCUT2D eigenvalue weighted by atomic mass is 10.1. The molecule has 0 saturated heterocycles. The van der Waals surface area contributed by atoms with E-state index in [9.17, 15) is 0 Å². The van der Waals surface area contributed by atoms with Crippen molar-refractivity contribution in [2.75, 3.05) is 0 Å². The maximum Gasteiger partial charge on any atom is 0.196 e. The predicted octanol–water partition coefficient (Wildman–Crippen LogP) is 3.55. The Morgan fingerprint density at radius 1 is 1.10 bits per heavy atom. The van der Waals surface area contributed by atoms with Crippen molar-refractivity contribution in [2.45, 2.75) is 53.6 Å². The van der Waals surface area contributed by atoms with Crippen LogP contribution < -0.4 is 5.32 Å². The Morgan fingerprint density at radius 2 is 1.70 bits per heavy atom. The van der Waals surface area contributed by atoms with Crippen molar-refractivity contribution in [1.82, 2.24) is 15.3 Å². The monoisotopic (exact) mass is 273 g/mol. The number of aromatic nitrogens is 2. The van der Waals surface area contributed by atoms with Crippen molar-refractivity contribution < 1.29 is 4.42 Å². The van der Waals surface area contributed by atoms with E-state index >= 15 is 0 Å².